The van der Waals surface area contributed by atoms with Crippen molar-refractivity contribution >= 4 is 28.1 Å². The van der Waals surface area contributed by atoms with E-state index in [0.29, 0.717) is 28.0 Å². The largest absolute Gasteiger partial charge is 0.381 e. The molecule has 0 spiro atoms. The number of anilines is 1. The second-order valence-electron chi connectivity index (χ2n) is 10.9. The van der Waals surface area contributed by atoms with Gasteiger partial charge in [0.05, 0.1) is 24.2 Å². The Morgan fingerprint density at radius 3 is 2.73 bits per heavy atom. The van der Waals surface area contributed by atoms with Gasteiger partial charge in [0.1, 0.15) is 17.1 Å². The number of likely N-dealkylation sites (N-methyl/N-ethyl adjacent to an activating group) is 1. The summed E-state index contributed by atoms with van der Waals surface area (Å²) in [5, 5.41) is 8.44. The Labute approximate surface area is 252 Å². The molecule has 0 saturated heterocycles. The number of benzene rings is 2. The predicted molar refractivity (Wildman–Crippen MR) is 167 cm³/mol. The van der Waals surface area contributed by atoms with Crippen LogP contribution in [-0.4, -0.2) is 53.1 Å². The van der Waals surface area contributed by atoms with Crippen molar-refractivity contribution in [3.8, 4) is 17.5 Å². The highest BCUT2D eigenvalue weighted by atomic mass is 16.2. The van der Waals surface area contributed by atoms with Crippen LogP contribution in [0.4, 0.5) is 5.82 Å². The second kappa shape index (κ2) is 10.8. The van der Waals surface area contributed by atoms with Gasteiger partial charge in [0, 0.05) is 42.4 Å². The van der Waals surface area contributed by atoms with Gasteiger partial charge in [0.25, 0.3) is 11.5 Å². The van der Waals surface area contributed by atoms with Crippen LogP contribution >= 0.6 is 0 Å². The molecule has 1 amide bonds. The molecule has 0 saturated carbocycles. The molecule has 11 heteroatoms. The first-order valence-corrected chi connectivity index (χ1v) is 14.3. The van der Waals surface area contributed by atoms with Gasteiger partial charge in [-0.3, -0.25) is 19.1 Å². The molecule has 44 heavy (non-hydrogen) atoms. The van der Waals surface area contributed by atoms with Crippen molar-refractivity contribution in [3.05, 3.63) is 118 Å². The summed E-state index contributed by atoms with van der Waals surface area (Å²) < 4.78 is 5.23. The number of hydrogen-bond donors (Lipinski definition) is 2. The van der Waals surface area contributed by atoms with E-state index in [2.05, 4.69) is 48.7 Å². The maximum Gasteiger partial charge on any atom is 0.264 e. The molecule has 6 aromatic rings. The monoisotopic (exact) mass is 583 g/mol. The molecule has 1 aliphatic rings. The minimum Gasteiger partial charge on any atom is -0.381 e. The molecular formula is C33H29N9O2. The lowest BCUT2D eigenvalue weighted by molar-refractivity contribution is 0.0941. The molecule has 218 valence electrons. The lowest BCUT2D eigenvalue weighted by Gasteiger charge is -2.23. The first-order chi connectivity index (χ1) is 21.4. The highest BCUT2D eigenvalue weighted by Gasteiger charge is 2.24. The summed E-state index contributed by atoms with van der Waals surface area (Å²) in [6, 6.07) is 18.0. The van der Waals surface area contributed by atoms with Crippen LogP contribution < -0.4 is 16.6 Å². The molecule has 0 radical (unpaired) electrons. The zero-order valence-electron chi connectivity index (χ0n) is 24.2. The molecule has 1 unspecified atom stereocenters. The average Bonchev–Trinajstić information content (AvgIpc) is 3.59. The van der Waals surface area contributed by atoms with Gasteiger partial charge in [-0.05, 0) is 55.6 Å². The van der Waals surface area contributed by atoms with Crippen LogP contribution in [0.5, 0.6) is 0 Å². The van der Waals surface area contributed by atoms with E-state index in [9.17, 15) is 9.59 Å². The van der Waals surface area contributed by atoms with Gasteiger partial charge in [-0.2, -0.15) is 0 Å². The minimum atomic E-state index is -0.580. The van der Waals surface area contributed by atoms with E-state index in [-0.39, 0.29) is 16.9 Å². The summed E-state index contributed by atoms with van der Waals surface area (Å²) in [6.07, 6.45) is 5.05. The predicted octanol–water partition coefficient (Wildman–Crippen LogP) is 3.15. The fourth-order valence-electron chi connectivity index (χ4n) is 5.72. The van der Waals surface area contributed by atoms with Gasteiger partial charge in [-0.25, -0.2) is 14.5 Å². The molecule has 11 nitrogen and oxygen atoms in total. The molecule has 7 rings (SSSR count). The fraction of sp³-hybridized carbons (Fsp3) is 0.182. The molecule has 4 aromatic heterocycles. The number of pyridine rings is 1. The van der Waals surface area contributed by atoms with Crippen molar-refractivity contribution in [3.63, 3.8) is 0 Å². The van der Waals surface area contributed by atoms with E-state index in [1.807, 2.05) is 61.5 Å². The minimum absolute atomic E-state index is 0.0713. The topological polar surface area (TPSA) is 128 Å². The quantitative estimate of drug-likeness (QED) is 0.305. The van der Waals surface area contributed by atoms with Crippen molar-refractivity contribution in [1.82, 2.24) is 38.9 Å². The molecule has 2 aromatic carbocycles. The molecule has 0 bridgehead atoms. The highest BCUT2D eigenvalue weighted by molar-refractivity contribution is 6.04. The summed E-state index contributed by atoms with van der Waals surface area (Å²) in [5.74, 6) is 7.13. The summed E-state index contributed by atoms with van der Waals surface area (Å²) in [7, 11) is 2.07. The van der Waals surface area contributed by atoms with Gasteiger partial charge in [-0.15, -0.1) is 5.10 Å². The highest BCUT2D eigenvalue weighted by Crippen LogP contribution is 2.25. The Kier molecular flexibility index (Phi) is 6.68. The number of hydrogen-bond acceptors (Lipinski definition) is 7. The lowest BCUT2D eigenvalue weighted by atomic mass is 10.0. The third-order valence-corrected chi connectivity index (χ3v) is 7.91. The third kappa shape index (κ3) is 4.67. The molecular weight excluding hydrogens is 554 g/mol. The molecule has 0 aliphatic carbocycles. The first-order valence-electron chi connectivity index (χ1n) is 14.3. The van der Waals surface area contributed by atoms with Gasteiger partial charge < -0.3 is 15.6 Å². The van der Waals surface area contributed by atoms with Crippen molar-refractivity contribution in [2.75, 3.05) is 19.3 Å². The number of para-hydroxylation sites is 1. The number of nitrogens with one attached hydrogen (secondary N) is 1. The fourth-order valence-corrected chi connectivity index (χ4v) is 5.72. The lowest BCUT2D eigenvalue weighted by Crippen LogP contribution is -2.32. The normalized spacial score (nSPS) is 13.8. The molecule has 1 atom stereocenters. The van der Waals surface area contributed by atoms with Crippen LogP contribution in [-0.2, 0) is 13.1 Å². The molecule has 5 heterocycles. The van der Waals surface area contributed by atoms with Gasteiger partial charge >= 0.3 is 0 Å². The zero-order valence-corrected chi connectivity index (χ0v) is 24.2. The number of carbonyl (C=O) groups is 1. The Morgan fingerprint density at radius 1 is 1.05 bits per heavy atom. The Hall–Kier alpha value is -5.73. The van der Waals surface area contributed by atoms with Crippen LogP contribution in [0.2, 0.25) is 0 Å². The van der Waals surface area contributed by atoms with Crippen molar-refractivity contribution in [1.29, 1.82) is 0 Å². The Morgan fingerprint density at radius 2 is 1.89 bits per heavy atom. The van der Waals surface area contributed by atoms with Gasteiger partial charge in [-0.1, -0.05) is 36.3 Å². The maximum absolute atomic E-state index is 14.4. The summed E-state index contributed by atoms with van der Waals surface area (Å²) in [5.41, 5.74) is 9.11. The third-order valence-electron chi connectivity index (χ3n) is 7.91. The molecule has 1 aliphatic heterocycles. The summed E-state index contributed by atoms with van der Waals surface area (Å²) in [6.45, 7) is 4.34. The Bertz CT molecular complexity index is 2180. The van der Waals surface area contributed by atoms with Gasteiger partial charge in [0.15, 0.2) is 11.5 Å². The van der Waals surface area contributed by atoms with Crippen LogP contribution in [0.25, 0.3) is 22.1 Å². The number of nitrogens with two attached hydrogens (primary N) is 1. The second-order valence-corrected chi connectivity index (χ2v) is 10.9. The molecule has 3 N–H and O–H groups in total. The number of fused-ring (bicyclic) bond motifs is 3. The Balaban J connectivity index is 1.32. The number of rotatable bonds is 4. The number of imidazole rings is 1. The standard InChI is InChI=1S/C33H29N9O2/c1-21(37-32(43)29-30(34)38-41-15-7-14-35-31(29)41)26-18-23-9-6-8-22(28(23)33(44)42(26)24-10-4-3-5-11-24)12-13-25-19-36-27-20-39(2)16-17-40(25)27/h3-11,14-15,18-19,21H,16-17,20H2,1-2H3,(H2,34,38)(H,37,43). The van der Waals surface area contributed by atoms with E-state index < -0.39 is 11.9 Å². The van der Waals surface area contributed by atoms with Crippen LogP contribution in [0.1, 0.15) is 46.1 Å². The van der Waals surface area contributed by atoms with Crippen LogP contribution in [0.15, 0.2) is 84.0 Å². The van der Waals surface area contributed by atoms with E-state index in [1.54, 1.807) is 29.2 Å². The smallest absolute Gasteiger partial charge is 0.264 e. The average molecular weight is 584 g/mol. The maximum atomic E-state index is 14.4. The SMILES string of the molecule is CC(NC(=O)c1c(N)nn2cccnc12)c1cc2cccc(C#Cc3cnc4n3CCN(C)C4)c2c(=O)n1-c1ccccc1. The number of amides is 1. The van der Waals surface area contributed by atoms with E-state index >= 15 is 0 Å². The van der Waals surface area contributed by atoms with Crippen molar-refractivity contribution in [2.45, 2.75) is 26.1 Å². The first kappa shape index (κ1) is 27.1. The van der Waals surface area contributed by atoms with Crippen LogP contribution in [0.3, 0.4) is 0 Å². The zero-order chi connectivity index (χ0) is 30.4. The number of carbonyl (C=O) groups excluding carboxylic acids is 1. The summed E-state index contributed by atoms with van der Waals surface area (Å²) >= 11 is 0. The van der Waals surface area contributed by atoms with E-state index in [0.717, 1.165) is 36.5 Å². The number of nitrogen functional groups attached to an aromatic ring is 1. The van der Waals surface area contributed by atoms with Crippen molar-refractivity contribution < 1.29 is 4.79 Å². The summed E-state index contributed by atoms with van der Waals surface area (Å²) in [4.78, 5) is 38.9. The van der Waals surface area contributed by atoms with Crippen molar-refractivity contribution in [2.24, 2.45) is 0 Å². The van der Waals surface area contributed by atoms with Gasteiger partial charge in [0.2, 0.25) is 0 Å². The van der Waals surface area contributed by atoms with E-state index in [1.165, 1.54) is 4.52 Å². The number of aromatic nitrogens is 6. The number of nitrogens with zero attached hydrogens (tertiary/aromatic N) is 7. The van der Waals surface area contributed by atoms with E-state index in [4.69, 9.17) is 5.73 Å². The van der Waals surface area contributed by atoms with Crippen LogP contribution in [0, 0.1) is 11.8 Å². The molecule has 0 fully saturated rings.